The first-order valence-electron chi connectivity index (χ1n) is 10.6. The van der Waals surface area contributed by atoms with Crippen molar-refractivity contribution < 1.29 is 17.6 Å². The Balaban J connectivity index is 1.50. The van der Waals surface area contributed by atoms with E-state index in [4.69, 9.17) is 4.42 Å². The topological polar surface area (TPSA) is 79.6 Å². The van der Waals surface area contributed by atoms with E-state index >= 15 is 0 Å². The van der Waals surface area contributed by atoms with Gasteiger partial charge in [0.15, 0.2) is 15.6 Å². The van der Waals surface area contributed by atoms with Gasteiger partial charge in [-0.3, -0.25) is 9.69 Å². The van der Waals surface area contributed by atoms with Crippen molar-refractivity contribution in [2.75, 3.05) is 24.7 Å². The zero-order valence-corrected chi connectivity index (χ0v) is 18.7. The number of sulfone groups is 1. The number of amides is 1. The molecule has 4 rings (SSSR count). The van der Waals surface area contributed by atoms with Gasteiger partial charge in [0.1, 0.15) is 5.58 Å². The molecule has 6 nitrogen and oxygen atoms in total. The van der Waals surface area contributed by atoms with E-state index in [2.05, 4.69) is 17.1 Å². The standard InChI is InChI=1S/C24H28N2O4S/c1-17-6-5-13-26(14-17)15-18-9-11-19(12-10-18)25-24(27)23-21(16-31(2,28)29)20-7-3-4-8-22(20)30-23/h3-4,7-12,17H,5-6,13-16H2,1-2H3,(H,25,27). The van der Waals surface area contributed by atoms with Gasteiger partial charge in [0.25, 0.3) is 5.91 Å². The molecule has 1 unspecified atom stereocenters. The van der Waals surface area contributed by atoms with E-state index in [1.54, 1.807) is 24.3 Å². The Morgan fingerprint density at radius 1 is 1.16 bits per heavy atom. The van der Waals surface area contributed by atoms with E-state index in [1.807, 2.05) is 24.3 Å². The molecule has 0 radical (unpaired) electrons. The average molecular weight is 441 g/mol. The highest BCUT2D eigenvalue weighted by Gasteiger charge is 2.23. The van der Waals surface area contributed by atoms with Gasteiger partial charge >= 0.3 is 0 Å². The molecule has 7 heteroatoms. The summed E-state index contributed by atoms with van der Waals surface area (Å²) in [7, 11) is -3.34. The van der Waals surface area contributed by atoms with Crippen molar-refractivity contribution in [3.63, 3.8) is 0 Å². The van der Waals surface area contributed by atoms with Crippen molar-refractivity contribution in [3.8, 4) is 0 Å². The predicted octanol–water partition coefficient (Wildman–Crippen LogP) is 4.46. The van der Waals surface area contributed by atoms with Gasteiger partial charge in [-0.25, -0.2) is 8.42 Å². The zero-order chi connectivity index (χ0) is 22.0. The number of nitrogens with one attached hydrogen (secondary N) is 1. The molecule has 1 fully saturated rings. The first kappa shape index (κ1) is 21.6. The second kappa shape index (κ2) is 8.85. The highest BCUT2D eigenvalue weighted by Crippen LogP contribution is 2.28. The smallest absolute Gasteiger partial charge is 0.291 e. The molecule has 1 atom stereocenters. The number of piperidine rings is 1. The monoisotopic (exact) mass is 440 g/mol. The Hall–Kier alpha value is -2.64. The minimum absolute atomic E-state index is 0.0398. The maximum atomic E-state index is 12.9. The summed E-state index contributed by atoms with van der Waals surface area (Å²) in [6.45, 7) is 5.44. The number of anilines is 1. The van der Waals surface area contributed by atoms with Crippen molar-refractivity contribution in [1.82, 2.24) is 4.90 Å². The fourth-order valence-corrected chi connectivity index (χ4v) is 5.07. The lowest BCUT2D eigenvalue weighted by Crippen LogP contribution is -2.33. The van der Waals surface area contributed by atoms with Crippen LogP contribution in [0.2, 0.25) is 0 Å². The van der Waals surface area contributed by atoms with Crippen LogP contribution in [0.15, 0.2) is 52.9 Å². The molecule has 0 bridgehead atoms. The SMILES string of the molecule is CC1CCCN(Cc2ccc(NC(=O)c3oc4ccccc4c3CS(C)(=O)=O)cc2)C1. The summed E-state index contributed by atoms with van der Waals surface area (Å²) in [5, 5.41) is 3.48. The van der Waals surface area contributed by atoms with Gasteiger partial charge in [0.05, 0.1) is 5.75 Å². The molecule has 3 aromatic rings. The molecule has 164 valence electrons. The van der Waals surface area contributed by atoms with Crippen molar-refractivity contribution >= 4 is 32.4 Å². The number of carbonyl (C=O) groups excluding carboxylic acids is 1. The summed E-state index contributed by atoms with van der Waals surface area (Å²) in [4.78, 5) is 15.4. The molecular formula is C24H28N2O4S. The van der Waals surface area contributed by atoms with E-state index in [0.717, 1.165) is 31.8 Å². The van der Waals surface area contributed by atoms with E-state index < -0.39 is 15.7 Å². The molecule has 0 spiro atoms. The van der Waals surface area contributed by atoms with Gasteiger partial charge in [-0.1, -0.05) is 37.3 Å². The lowest BCUT2D eigenvalue weighted by molar-refractivity contribution is 0.0998. The average Bonchev–Trinajstić information content (AvgIpc) is 3.07. The van der Waals surface area contributed by atoms with E-state index in [1.165, 1.54) is 18.4 Å². The fraction of sp³-hybridized carbons (Fsp3) is 0.375. The summed E-state index contributed by atoms with van der Waals surface area (Å²) in [6.07, 6.45) is 3.69. The van der Waals surface area contributed by atoms with Crippen LogP contribution in [0, 0.1) is 5.92 Å². The molecule has 1 saturated heterocycles. The van der Waals surface area contributed by atoms with E-state index in [-0.39, 0.29) is 11.5 Å². The van der Waals surface area contributed by atoms with Gasteiger partial charge in [0.2, 0.25) is 0 Å². The minimum Gasteiger partial charge on any atom is -0.451 e. The molecule has 0 saturated carbocycles. The Morgan fingerprint density at radius 2 is 1.90 bits per heavy atom. The van der Waals surface area contributed by atoms with Crippen molar-refractivity contribution in [3.05, 3.63) is 65.4 Å². The molecule has 31 heavy (non-hydrogen) atoms. The van der Waals surface area contributed by atoms with Gasteiger partial charge in [-0.2, -0.15) is 0 Å². The number of hydrogen-bond donors (Lipinski definition) is 1. The Labute approximate surface area is 183 Å². The van der Waals surface area contributed by atoms with Gasteiger partial charge in [-0.15, -0.1) is 0 Å². The second-order valence-corrected chi connectivity index (χ2v) is 10.7. The number of carbonyl (C=O) groups is 1. The van der Waals surface area contributed by atoms with Crippen LogP contribution in [0.3, 0.4) is 0 Å². The van der Waals surface area contributed by atoms with Crippen LogP contribution < -0.4 is 5.32 Å². The third-order valence-electron chi connectivity index (χ3n) is 5.67. The molecule has 1 aliphatic rings. The van der Waals surface area contributed by atoms with Crippen molar-refractivity contribution in [1.29, 1.82) is 0 Å². The number of nitrogens with zero attached hydrogens (tertiary/aromatic N) is 1. The predicted molar refractivity (Wildman–Crippen MR) is 123 cm³/mol. The number of hydrogen-bond acceptors (Lipinski definition) is 5. The maximum absolute atomic E-state index is 12.9. The number of fused-ring (bicyclic) bond motifs is 1. The first-order chi connectivity index (χ1) is 14.8. The van der Waals surface area contributed by atoms with Crippen LogP contribution in [-0.2, 0) is 22.1 Å². The number of furan rings is 1. The van der Waals surface area contributed by atoms with Crippen LogP contribution in [0.5, 0.6) is 0 Å². The lowest BCUT2D eigenvalue weighted by atomic mass is 10.00. The molecule has 1 amide bonds. The van der Waals surface area contributed by atoms with Gasteiger partial charge < -0.3 is 9.73 Å². The molecule has 1 aromatic heterocycles. The van der Waals surface area contributed by atoms with Crippen LogP contribution in [0.1, 0.15) is 41.4 Å². The summed E-state index contributed by atoms with van der Waals surface area (Å²) in [6, 6.07) is 14.9. The molecule has 1 aliphatic heterocycles. The van der Waals surface area contributed by atoms with Gasteiger partial charge in [-0.05, 0) is 49.1 Å². The van der Waals surface area contributed by atoms with Crippen LogP contribution in [0.4, 0.5) is 5.69 Å². The second-order valence-electron chi connectivity index (χ2n) is 8.61. The van der Waals surface area contributed by atoms with Crippen molar-refractivity contribution in [2.24, 2.45) is 5.92 Å². The summed E-state index contributed by atoms with van der Waals surface area (Å²) < 4.78 is 29.6. The lowest BCUT2D eigenvalue weighted by Gasteiger charge is -2.30. The highest BCUT2D eigenvalue weighted by molar-refractivity contribution is 7.89. The first-order valence-corrected chi connectivity index (χ1v) is 12.7. The molecular weight excluding hydrogens is 412 g/mol. The maximum Gasteiger partial charge on any atom is 0.291 e. The number of para-hydroxylation sites is 1. The molecule has 0 aliphatic carbocycles. The Bertz CT molecular complexity index is 1180. The Kier molecular flexibility index (Phi) is 6.16. The largest absolute Gasteiger partial charge is 0.451 e. The minimum atomic E-state index is -3.34. The molecule has 2 heterocycles. The summed E-state index contributed by atoms with van der Waals surface area (Å²) >= 11 is 0. The van der Waals surface area contributed by atoms with E-state index in [9.17, 15) is 13.2 Å². The molecule has 1 N–H and O–H groups in total. The normalized spacial score (nSPS) is 17.7. The fourth-order valence-electron chi connectivity index (χ4n) is 4.26. The highest BCUT2D eigenvalue weighted by atomic mass is 32.2. The van der Waals surface area contributed by atoms with Crippen molar-refractivity contribution in [2.45, 2.75) is 32.1 Å². The van der Waals surface area contributed by atoms with Crippen LogP contribution >= 0.6 is 0 Å². The summed E-state index contributed by atoms with van der Waals surface area (Å²) in [5.41, 5.74) is 2.74. The van der Waals surface area contributed by atoms with Gasteiger partial charge in [0, 0.05) is 36.0 Å². The quantitative estimate of drug-likeness (QED) is 0.612. The number of rotatable bonds is 6. The van der Waals surface area contributed by atoms with E-state index in [0.29, 0.717) is 22.2 Å². The zero-order valence-electron chi connectivity index (χ0n) is 17.9. The number of benzene rings is 2. The number of likely N-dealkylation sites (tertiary alicyclic amines) is 1. The summed E-state index contributed by atoms with van der Waals surface area (Å²) in [5.74, 6) is 0.0719. The molecule has 2 aromatic carbocycles. The third kappa shape index (κ3) is 5.35. The van der Waals surface area contributed by atoms with Crippen LogP contribution in [0.25, 0.3) is 11.0 Å². The van der Waals surface area contributed by atoms with Crippen LogP contribution in [-0.4, -0.2) is 38.6 Å². The Morgan fingerprint density at radius 3 is 2.61 bits per heavy atom. The third-order valence-corrected chi connectivity index (χ3v) is 6.48.